The second kappa shape index (κ2) is 9.55. The summed E-state index contributed by atoms with van der Waals surface area (Å²) in [5.41, 5.74) is 3.47. The van der Waals surface area contributed by atoms with E-state index in [0.717, 1.165) is 4.90 Å². The fourth-order valence-electron chi connectivity index (χ4n) is 2.84. The lowest BCUT2D eigenvalue weighted by Gasteiger charge is -2.33. The first-order chi connectivity index (χ1) is 14.5. The molecule has 182 valence electrons. The Morgan fingerprint density at radius 1 is 1.28 bits per heavy atom. The monoisotopic (exact) mass is 523 g/mol. The van der Waals surface area contributed by atoms with Crippen LogP contribution < -0.4 is 5.73 Å². The molecule has 32 heavy (non-hydrogen) atoms. The summed E-state index contributed by atoms with van der Waals surface area (Å²) < 4.78 is 66.3. The highest BCUT2D eigenvalue weighted by Crippen LogP contribution is 2.66. The minimum Gasteiger partial charge on any atom is -0.387 e. The van der Waals surface area contributed by atoms with Crippen molar-refractivity contribution in [3.63, 3.8) is 0 Å². The lowest BCUT2D eigenvalue weighted by atomic mass is 9.93. The van der Waals surface area contributed by atoms with Crippen LogP contribution in [0.4, 0.5) is 4.39 Å². The number of hydrogen-bond acceptors (Lipinski definition) is 11. The number of rotatable bonds is 10. The molecule has 2 unspecified atom stereocenters. The van der Waals surface area contributed by atoms with E-state index in [2.05, 4.69) is 31.3 Å². The average molecular weight is 523 g/mol. The van der Waals surface area contributed by atoms with Crippen LogP contribution >= 0.6 is 23.5 Å². The SMILES string of the molecule is C=CC[C@]1(COP(=O)(O)OP(=O)(O)OP(=O)(O)O)O[C@@H](N2C=CC(N)=NC2=C)[C@H](F)[C@@H]1O. The van der Waals surface area contributed by atoms with Crippen molar-refractivity contribution in [1.29, 1.82) is 0 Å². The zero-order valence-corrected chi connectivity index (χ0v) is 18.8. The molecule has 2 aliphatic heterocycles. The van der Waals surface area contributed by atoms with Crippen LogP contribution in [0.15, 0.2) is 42.3 Å². The Balaban J connectivity index is 2.20. The van der Waals surface area contributed by atoms with Gasteiger partial charge in [0.2, 0.25) is 0 Å². The first-order valence-corrected chi connectivity index (χ1v) is 12.9. The highest BCUT2D eigenvalue weighted by molar-refractivity contribution is 7.66. The molecule has 19 heteroatoms. The molecular weight excluding hydrogens is 502 g/mol. The molecule has 0 bridgehead atoms. The van der Waals surface area contributed by atoms with Gasteiger partial charge in [0.1, 0.15) is 23.4 Å². The van der Waals surface area contributed by atoms with Crippen molar-refractivity contribution in [3.8, 4) is 0 Å². The van der Waals surface area contributed by atoms with E-state index in [1.165, 1.54) is 18.4 Å². The van der Waals surface area contributed by atoms with Crippen molar-refractivity contribution >= 4 is 29.3 Å². The second-order valence-electron chi connectivity index (χ2n) is 6.50. The quantitative estimate of drug-likeness (QED) is 0.168. The van der Waals surface area contributed by atoms with Gasteiger partial charge in [-0.15, -0.1) is 6.58 Å². The van der Waals surface area contributed by atoms with E-state index < -0.39 is 54.2 Å². The predicted octanol–water partition coefficient (Wildman–Crippen LogP) is 0.358. The smallest absolute Gasteiger partial charge is 0.387 e. The van der Waals surface area contributed by atoms with E-state index in [4.69, 9.17) is 20.3 Å². The van der Waals surface area contributed by atoms with Gasteiger partial charge >= 0.3 is 23.5 Å². The van der Waals surface area contributed by atoms with Gasteiger partial charge in [-0.2, -0.15) is 8.62 Å². The summed E-state index contributed by atoms with van der Waals surface area (Å²) in [6.07, 6.45) is -2.21. The summed E-state index contributed by atoms with van der Waals surface area (Å²) in [5.74, 6) is 0.0392. The molecule has 2 aliphatic rings. The predicted molar refractivity (Wildman–Crippen MR) is 105 cm³/mol. The summed E-state index contributed by atoms with van der Waals surface area (Å²) >= 11 is 0. The van der Waals surface area contributed by atoms with Gasteiger partial charge in [-0.05, 0) is 12.5 Å². The number of aliphatic hydroxyl groups excluding tert-OH is 1. The Morgan fingerprint density at radius 2 is 1.91 bits per heavy atom. The number of aliphatic imine (C=N–C) groups is 1. The van der Waals surface area contributed by atoms with E-state index in [1.807, 2.05) is 0 Å². The van der Waals surface area contributed by atoms with Crippen molar-refractivity contribution in [2.45, 2.75) is 30.5 Å². The number of phosphoric acid groups is 3. The van der Waals surface area contributed by atoms with Gasteiger partial charge in [0, 0.05) is 6.20 Å². The van der Waals surface area contributed by atoms with Gasteiger partial charge in [0.05, 0.1) is 6.61 Å². The fraction of sp³-hybridized carbons (Fsp3) is 0.462. The fourth-order valence-corrected chi connectivity index (χ4v) is 5.91. The highest BCUT2D eigenvalue weighted by atomic mass is 31.3. The maximum atomic E-state index is 14.9. The minimum absolute atomic E-state index is 0.0351. The lowest BCUT2D eigenvalue weighted by molar-refractivity contribution is -0.130. The lowest BCUT2D eigenvalue weighted by Crippen LogP contribution is -2.45. The maximum Gasteiger partial charge on any atom is 0.490 e. The van der Waals surface area contributed by atoms with Crippen LogP contribution in [-0.2, 0) is 31.6 Å². The van der Waals surface area contributed by atoms with Gasteiger partial charge in [-0.1, -0.05) is 12.7 Å². The summed E-state index contributed by atoms with van der Waals surface area (Å²) in [6, 6.07) is 0. The largest absolute Gasteiger partial charge is 0.490 e. The topological polar surface area (TPSA) is 231 Å². The number of phosphoric ester groups is 1. The molecule has 0 aromatic carbocycles. The second-order valence-corrected chi connectivity index (χ2v) is 10.9. The molecule has 15 nitrogen and oxygen atoms in total. The molecule has 2 heterocycles. The van der Waals surface area contributed by atoms with Crippen molar-refractivity contribution in [2.75, 3.05) is 6.61 Å². The number of amidine groups is 1. The molecule has 6 atom stereocenters. The van der Waals surface area contributed by atoms with Crippen LogP contribution in [-0.4, -0.2) is 66.1 Å². The summed E-state index contributed by atoms with van der Waals surface area (Å²) in [7, 11) is -16.9. The molecule has 1 fully saturated rings. The Hall–Kier alpha value is -1.25. The third kappa shape index (κ3) is 6.64. The van der Waals surface area contributed by atoms with Gasteiger partial charge in [-0.25, -0.2) is 23.1 Å². The Morgan fingerprint density at radius 3 is 2.44 bits per heavy atom. The van der Waals surface area contributed by atoms with Crippen LogP contribution in [0.1, 0.15) is 6.42 Å². The molecule has 7 N–H and O–H groups in total. The van der Waals surface area contributed by atoms with Gasteiger partial charge in [-0.3, -0.25) is 4.52 Å². The van der Waals surface area contributed by atoms with Gasteiger partial charge in [0.15, 0.2) is 12.4 Å². The third-order valence-electron chi connectivity index (χ3n) is 4.08. The Bertz CT molecular complexity index is 969. The number of halogens is 1. The maximum absolute atomic E-state index is 14.9. The number of hydrogen-bond donors (Lipinski definition) is 6. The molecule has 0 aromatic heterocycles. The number of nitrogens with two attached hydrogens (primary N) is 1. The van der Waals surface area contributed by atoms with E-state index in [0.29, 0.717) is 0 Å². The standard InChI is InChI=1S/C13H21FN3O12P3/c1-3-5-13(7-26-31(22,23)29-32(24,25)28-30(19,20)21)11(18)10(14)12(27-13)17-6-4-9(15)16-8(17)2/h3-4,6,10-12,18H,1-2,5,7H2,(H2,15,16)(H,22,23)(H,24,25)(H2,19,20,21)/t10-,11+,12-,13-/m1/s1. The average Bonchev–Trinajstić information content (AvgIpc) is 2.83. The van der Waals surface area contributed by atoms with Crippen molar-refractivity contribution in [3.05, 3.63) is 37.3 Å². The Kier molecular flexibility index (Phi) is 8.06. The van der Waals surface area contributed by atoms with Gasteiger partial charge < -0.3 is 40.1 Å². The Labute approximate surface area is 180 Å². The highest BCUT2D eigenvalue weighted by Gasteiger charge is 2.57. The van der Waals surface area contributed by atoms with E-state index in [-0.39, 0.29) is 18.1 Å². The van der Waals surface area contributed by atoms with Crippen molar-refractivity contribution < 1.29 is 60.6 Å². The van der Waals surface area contributed by atoms with E-state index >= 15 is 0 Å². The zero-order chi connectivity index (χ0) is 24.5. The number of ether oxygens (including phenoxy) is 1. The summed E-state index contributed by atoms with van der Waals surface area (Å²) in [4.78, 5) is 40.9. The first-order valence-electron chi connectivity index (χ1n) is 8.40. The van der Waals surface area contributed by atoms with Crippen LogP contribution in [0, 0.1) is 0 Å². The van der Waals surface area contributed by atoms with Crippen molar-refractivity contribution in [1.82, 2.24) is 4.90 Å². The van der Waals surface area contributed by atoms with Crippen LogP contribution in [0.3, 0.4) is 0 Å². The normalized spacial score (nSPS) is 32.3. The van der Waals surface area contributed by atoms with Crippen LogP contribution in [0.2, 0.25) is 0 Å². The van der Waals surface area contributed by atoms with E-state index in [9.17, 15) is 33.0 Å². The molecule has 0 amide bonds. The van der Waals surface area contributed by atoms with Crippen LogP contribution in [0.25, 0.3) is 0 Å². The number of alkyl halides is 1. The molecule has 2 rings (SSSR count). The zero-order valence-electron chi connectivity index (χ0n) is 16.1. The molecule has 0 spiro atoms. The van der Waals surface area contributed by atoms with E-state index in [1.54, 1.807) is 0 Å². The molecular formula is C13H21FN3O12P3. The minimum atomic E-state index is -5.76. The first kappa shape index (κ1) is 27.0. The summed E-state index contributed by atoms with van der Waals surface area (Å²) in [5, 5.41) is 10.4. The molecule has 1 saturated heterocycles. The molecule has 0 saturated carbocycles. The number of aliphatic hydroxyl groups is 1. The molecule has 0 radical (unpaired) electrons. The summed E-state index contributed by atoms with van der Waals surface area (Å²) in [6.45, 7) is 5.93. The third-order valence-corrected chi connectivity index (χ3v) is 7.87. The van der Waals surface area contributed by atoms with Gasteiger partial charge in [0.25, 0.3) is 0 Å². The molecule has 0 aromatic rings. The number of nitrogens with zero attached hydrogens (tertiary/aromatic N) is 2. The van der Waals surface area contributed by atoms with Crippen molar-refractivity contribution in [2.24, 2.45) is 10.7 Å². The molecule has 0 aliphatic carbocycles. The van der Waals surface area contributed by atoms with Crippen LogP contribution in [0.5, 0.6) is 0 Å².